The standard InChI is InChI=1S/C16H17NO4/c1-2-12(18)9-14(19)15(16(20)21)11-6-5-10-4-3-7-17-13(10)8-11/h2-8,12,14-15,18-19H,1,9H2,(H,20,21). The topological polar surface area (TPSA) is 90.7 Å². The number of hydrogen-bond acceptors (Lipinski definition) is 4. The Kier molecular flexibility index (Phi) is 4.67. The lowest BCUT2D eigenvalue weighted by Crippen LogP contribution is -2.29. The van der Waals surface area contributed by atoms with Gasteiger partial charge in [0.25, 0.3) is 0 Å². The van der Waals surface area contributed by atoms with Crippen molar-refractivity contribution in [3.05, 3.63) is 54.7 Å². The van der Waals surface area contributed by atoms with Gasteiger partial charge >= 0.3 is 5.97 Å². The summed E-state index contributed by atoms with van der Waals surface area (Å²) in [5.41, 5.74) is 1.12. The summed E-state index contributed by atoms with van der Waals surface area (Å²) in [6, 6.07) is 8.75. The van der Waals surface area contributed by atoms with Gasteiger partial charge in [0.2, 0.25) is 0 Å². The molecule has 5 nitrogen and oxygen atoms in total. The molecular formula is C16H17NO4. The molecule has 21 heavy (non-hydrogen) atoms. The second kappa shape index (κ2) is 6.47. The first kappa shape index (κ1) is 15.2. The molecule has 3 N–H and O–H groups in total. The van der Waals surface area contributed by atoms with E-state index in [0.29, 0.717) is 11.1 Å². The average Bonchev–Trinajstić information content (AvgIpc) is 2.46. The molecule has 0 spiro atoms. The third-order valence-electron chi connectivity index (χ3n) is 3.39. The van der Waals surface area contributed by atoms with Crippen LogP contribution >= 0.6 is 0 Å². The normalized spacial score (nSPS) is 15.3. The second-order valence-corrected chi connectivity index (χ2v) is 4.88. The summed E-state index contributed by atoms with van der Waals surface area (Å²) in [6.07, 6.45) is 0.655. The molecule has 0 bridgehead atoms. The number of aliphatic hydroxyl groups excluding tert-OH is 2. The van der Waals surface area contributed by atoms with Crippen molar-refractivity contribution in [1.82, 2.24) is 4.98 Å². The Hall–Kier alpha value is -2.24. The SMILES string of the molecule is C=CC(O)CC(O)C(C(=O)O)c1ccc2cccnc2c1. The van der Waals surface area contributed by atoms with E-state index in [1.807, 2.05) is 6.07 Å². The van der Waals surface area contributed by atoms with E-state index < -0.39 is 24.1 Å². The zero-order chi connectivity index (χ0) is 15.4. The fourth-order valence-electron chi connectivity index (χ4n) is 2.29. The number of nitrogens with zero attached hydrogens (tertiary/aromatic N) is 1. The third-order valence-corrected chi connectivity index (χ3v) is 3.39. The van der Waals surface area contributed by atoms with Crippen LogP contribution < -0.4 is 0 Å². The predicted octanol–water partition coefficient (Wildman–Crippen LogP) is 1.70. The maximum absolute atomic E-state index is 11.5. The quantitative estimate of drug-likeness (QED) is 0.703. The molecule has 110 valence electrons. The van der Waals surface area contributed by atoms with Gasteiger partial charge in [0.05, 0.1) is 17.7 Å². The Morgan fingerprint density at radius 1 is 1.33 bits per heavy atom. The zero-order valence-electron chi connectivity index (χ0n) is 11.4. The number of aromatic nitrogens is 1. The van der Waals surface area contributed by atoms with Crippen LogP contribution in [-0.4, -0.2) is 38.5 Å². The highest BCUT2D eigenvalue weighted by Gasteiger charge is 2.29. The van der Waals surface area contributed by atoms with Crippen LogP contribution in [0.2, 0.25) is 0 Å². The van der Waals surface area contributed by atoms with Gasteiger partial charge in [0, 0.05) is 18.0 Å². The van der Waals surface area contributed by atoms with Crippen LogP contribution in [0.5, 0.6) is 0 Å². The van der Waals surface area contributed by atoms with Gasteiger partial charge in [-0.05, 0) is 17.7 Å². The monoisotopic (exact) mass is 287 g/mol. The van der Waals surface area contributed by atoms with Crippen LogP contribution in [0.4, 0.5) is 0 Å². The number of aliphatic hydroxyl groups is 2. The first-order chi connectivity index (χ1) is 10.0. The lowest BCUT2D eigenvalue weighted by molar-refractivity contribution is -0.142. The smallest absolute Gasteiger partial charge is 0.313 e. The van der Waals surface area contributed by atoms with Gasteiger partial charge in [-0.15, -0.1) is 6.58 Å². The summed E-state index contributed by atoms with van der Waals surface area (Å²) in [4.78, 5) is 15.6. The van der Waals surface area contributed by atoms with Gasteiger partial charge < -0.3 is 15.3 Å². The van der Waals surface area contributed by atoms with Crippen LogP contribution in [-0.2, 0) is 4.79 Å². The number of fused-ring (bicyclic) bond motifs is 1. The maximum atomic E-state index is 11.5. The van der Waals surface area contributed by atoms with E-state index in [1.54, 1.807) is 30.5 Å². The molecule has 2 aromatic rings. The van der Waals surface area contributed by atoms with Crippen LogP contribution in [0.25, 0.3) is 10.9 Å². The number of carboxylic acid groups (broad SMARTS) is 1. The summed E-state index contributed by atoms with van der Waals surface area (Å²) in [5, 5.41) is 29.9. The molecule has 2 rings (SSSR count). The van der Waals surface area contributed by atoms with Crippen molar-refractivity contribution < 1.29 is 20.1 Å². The molecule has 5 heteroatoms. The van der Waals surface area contributed by atoms with Crippen LogP contribution in [0.15, 0.2) is 49.2 Å². The zero-order valence-corrected chi connectivity index (χ0v) is 11.4. The molecule has 1 aromatic heterocycles. The number of rotatable bonds is 6. The number of carbonyl (C=O) groups is 1. The van der Waals surface area contributed by atoms with E-state index in [9.17, 15) is 20.1 Å². The molecular weight excluding hydrogens is 270 g/mol. The molecule has 3 atom stereocenters. The van der Waals surface area contributed by atoms with E-state index in [0.717, 1.165) is 5.39 Å². The molecule has 0 aliphatic rings. The maximum Gasteiger partial charge on any atom is 0.313 e. The van der Waals surface area contributed by atoms with Crippen molar-refractivity contribution >= 4 is 16.9 Å². The summed E-state index contributed by atoms with van der Waals surface area (Å²) >= 11 is 0. The van der Waals surface area contributed by atoms with Gasteiger partial charge in [-0.25, -0.2) is 0 Å². The minimum Gasteiger partial charge on any atom is -0.481 e. The number of carboxylic acids is 1. The Morgan fingerprint density at radius 3 is 2.76 bits per heavy atom. The largest absolute Gasteiger partial charge is 0.481 e. The summed E-state index contributed by atoms with van der Waals surface area (Å²) in [5.74, 6) is -2.26. The van der Waals surface area contributed by atoms with Crippen molar-refractivity contribution in [2.45, 2.75) is 24.5 Å². The Balaban J connectivity index is 2.35. The lowest BCUT2D eigenvalue weighted by Gasteiger charge is -2.21. The molecule has 0 radical (unpaired) electrons. The summed E-state index contributed by atoms with van der Waals surface area (Å²) in [6.45, 7) is 3.41. The fourth-order valence-corrected chi connectivity index (χ4v) is 2.29. The number of hydrogen-bond donors (Lipinski definition) is 3. The lowest BCUT2D eigenvalue weighted by atomic mass is 9.89. The third kappa shape index (κ3) is 3.45. The Labute approximate surface area is 122 Å². The number of pyridine rings is 1. The minimum atomic E-state index is -1.21. The molecule has 0 aliphatic carbocycles. The van der Waals surface area contributed by atoms with Gasteiger partial charge in [0.1, 0.15) is 5.92 Å². The second-order valence-electron chi connectivity index (χ2n) is 4.88. The van der Waals surface area contributed by atoms with Gasteiger partial charge in [-0.2, -0.15) is 0 Å². The number of benzene rings is 1. The Bertz CT molecular complexity index is 656. The molecule has 0 aliphatic heterocycles. The fraction of sp³-hybridized carbons (Fsp3) is 0.250. The van der Waals surface area contributed by atoms with E-state index in [-0.39, 0.29) is 6.42 Å². The van der Waals surface area contributed by atoms with E-state index in [1.165, 1.54) is 6.08 Å². The summed E-state index contributed by atoms with van der Waals surface area (Å²) < 4.78 is 0. The Morgan fingerprint density at radius 2 is 2.10 bits per heavy atom. The number of aliphatic carboxylic acids is 1. The molecule has 1 heterocycles. The molecule has 0 saturated heterocycles. The van der Waals surface area contributed by atoms with Gasteiger partial charge in [-0.1, -0.05) is 24.3 Å². The van der Waals surface area contributed by atoms with Crippen molar-refractivity contribution in [2.24, 2.45) is 0 Å². The minimum absolute atomic E-state index is 0.0826. The van der Waals surface area contributed by atoms with E-state index >= 15 is 0 Å². The summed E-state index contributed by atoms with van der Waals surface area (Å²) in [7, 11) is 0. The molecule has 0 fully saturated rings. The first-order valence-corrected chi connectivity index (χ1v) is 6.59. The first-order valence-electron chi connectivity index (χ1n) is 6.59. The highest BCUT2D eigenvalue weighted by atomic mass is 16.4. The van der Waals surface area contributed by atoms with Crippen molar-refractivity contribution in [3.63, 3.8) is 0 Å². The van der Waals surface area contributed by atoms with E-state index in [4.69, 9.17) is 0 Å². The average molecular weight is 287 g/mol. The molecule has 1 aromatic carbocycles. The van der Waals surface area contributed by atoms with Crippen LogP contribution in [0, 0.1) is 0 Å². The molecule has 3 unspecified atom stereocenters. The van der Waals surface area contributed by atoms with Crippen LogP contribution in [0.1, 0.15) is 17.9 Å². The van der Waals surface area contributed by atoms with Crippen molar-refractivity contribution in [2.75, 3.05) is 0 Å². The molecule has 0 amide bonds. The highest BCUT2D eigenvalue weighted by molar-refractivity contribution is 5.83. The molecule has 0 saturated carbocycles. The van der Waals surface area contributed by atoms with Crippen molar-refractivity contribution in [3.8, 4) is 0 Å². The van der Waals surface area contributed by atoms with Gasteiger partial charge in [-0.3, -0.25) is 9.78 Å². The van der Waals surface area contributed by atoms with Crippen LogP contribution in [0.3, 0.4) is 0 Å². The van der Waals surface area contributed by atoms with Gasteiger partial charge in [0.15, 0.2) is 0 Å². The van der Waals surface area contributed by atoms with Crippen molar-refractivity contribution in [1.29, 1.82) is 0 Å². The van der Waals surface area contributed by atoms with E-state index in [2.05, 4.69) is 11.6 Å². The highest BCUT2D eigenvalue weighted by Crippen LogP contribution is 2.26. The predicted molar refractivity (Wildman–Crippen MR) is 78.9 cm³/mol.